The number of methoxy groups -OCH3 is 1. The van der Waals surface area contributed by atoms with E-state index in [2.05, 4.69) is 5.32 Å². The van der Waals surface area contributed by atoms with Crippen molar-refractivity contribution in [3.63, 3.8) is 0 Å². The van der Waals surface area contributed by atoms with Crippen molar-refractivity contribution in [2.24, 2.45) is 5.73 Å². The van der Waals surface area contributed by atoms with Gasteiger partial charge in [-0.15, -0.1) is 0 Å². The zero-order chi connectivity index (χ0) is 9.84. The third-order valence-corrected chi connectivity index (χ3v) is 1.97. The highest BCUT2D eigenvalue weighted by Gasteiger charge is 2.03. The maximum Gasteiger partial charge on any atom is 0.124 e. The van der Waals surface area contributed by atoms with Gasteiger partial charge in [-0.2, -0.15) is 0 Å². The predicted octanol–water partition coefficient (Wildman–Crippen LogP) is 1.64. The summed E-state index contributed by atoms with van der Waals surface area (Å²) in [6, 6.07) is 4.05. The first-order valence-corrected chi connectivity index (χ1v) is 4.28. The molecule has 0 heterocycles. The Morgan fingerprint density at radius 2 is 1.85 bits per heavy atom. The first-order chi connectivity index (χ1) is 6.19. The number of anilines is 1. The van der Waals surface area contributed by atoms with Crippen molar-refractivity contribution in [3.8, 4) is 5.75 Å². The lowest BCUT2D eigenvalue weighted by Gasteiger charge is -2.11. The second kappa shape index (κ2) is 4.14. The zero-order valence-corrected chi connectivity index (χ0v) is 8.35. The Labute approximate surface area is 78.9 Å². The maximum atomic E-state index is 5.39. The molecular weight excluding hydrogens is 164 g/mol. The molecule has 0 spiro atoms. The van der Waals surface area contributed by atoms with Gasteiger partial charge >= 0.3 is 0 Å². The smallest absolute Gasteiger partial charge is 0.124 e. The highest BCUT2D eigenvalue weighted by Crippen LogP contribution is 2.26. The number of aryl methyl sites for hydroxylation is 2. The van der Waals surface area contributed by atoms with Crippen LogP contribution in [-0.4, -0.2) is 13.8 Å². The topological polar surface area (TPSA) is 47.3 Å². The first kappa shape index (κ1) is 9.86. The normalized spacial score (nSPS) is 9.85. The summed E-state index contributed by atoms with van der Waals surface area (Å²) in [4.78, 5) is 0. The molecule has 1 aromatic rings. The molecule has 0 bridgehead atoms. The van der Waals surface area contributed by atoms with Crippen LogP contribution in [0.1, 0.15) is 11.1 Å². The molecule has 3 N–H and O–H groups in total. The predicted molar refractivity (Wildman–Crippen MR) is 55.1 cm³/mol. The molecule has 0 aromatic heterocycles. The highest BCUT2D eigenvalue weighted by atomic mass is 16.5. The fraction of sp³-hybridized carbons (Fsp3) is 0.400. The van der Waals surface area contributed by atoms with Gasteiger partial charge in [-0.25, -0.2) is 0 Å². The SMILES string of the molecule is COc1c(C)cc(NCN)cc1C. The van der Waals surface area contributed by atoms with Gasteiger partial charge in [0.2, 0.25) is 0 Å². The van der Waals surface area contributed by atoms with E-state index in [4.69, 9.17) is 10.5 Å². The molecule has 13 heavy (non-hydrogen) atoms. The van der Waals surface area contributed by atoms with Crippen molar-refractivity contribution in [2.45, 2.75) is 13.8 Å². The minimum Gasteiger partial charge on any atom is -0.496 e. The van der Waals surface area contributed by atoms with Gasteiger partial charge in [0.05, 0.1) is 13.8 Å². The van der Waals surface area contributed by atoms with Crippen LogP contribution in [0.2, 0.25) is 0 Å². The third-order valence-electron chi connectivity index (χ3n) is 1.97. The number of rotatable bonds is 3. The molecule has 0 aliphatic carbocycles. The summed E-state index contributed by atoms with van der Waals surface area (Å²) in [6.07, 6.45) is 0. The molecule has 0 saturated heterocycles. The Morgan fingerprint density at radius 1 is 1.31 bits per heavy atom. The lowest BCUT2D eigenvalue weighted by atomic mass is 10.1. The summed E-state index contributed by atoms with van der Waals surface area (Å²) in [5.41, 5.74) is 8.68. The second-order valence-corrected chi connectivity index (χ2v) is 3.02. The number of hydrogen-bond donors (Lipinski definition) is 2. The van der Waals surface area contributed by atoms with Crippen molar-refractivity contribution in [1.29, 1.82) is 0 Å². The Bertz CT molecular complexity index is 274. The van der Waals surface area contributed by atoms with Crippen molar-refractivity contribution in [2.75, 3.05) is 19.1 Å². The van der Waals surface area contributed by atoms with Crippen LogP contribution in [0.5, 0.6) is 5.75 Å². The number of ether oxygens (including phenoxy) is 1. The maximum absolute atomic E-state index is 5.39. The van der Waals surface area contributed by atoms with Gasteiger partial charge < -0.3 is 15.8 Å². The number of nitrogens with one attached hydrogen (secondary N) is 1. The minimum absolute atomic E-state index is 0.450. The van der Waals surface area contributed by atoms with E-state index in [0.717, 1.165) is 22.6 Å². The van der Waals surface area contributed by atoms with E-state index in [0.29, 0.717) is 6.67 Å². The molecule has 0 aliphatic heterocycles. The van der Waals surface area contributed by atoms with Crippen LogP contribution in [0.4, 0.5) is 5.69 Å². The van der Waals surface area contributed by atoms with E-state index in [9.17, 15) is 0 Å². The van der Waals surface area contributed by atoms with Crippen LogP contribution in [0.3, 0.4) is 0 Å². The van der Waals surface area contributed by atoms with Gasteiger partial charge in [0.15, 0.2) is 0 Å². The van der Waals surface area contributed by atoms with Gasteiger partial charge in [-0.1, -0.05) is 0 Å². The molecule has 72 valence electrons. The molecular formula is C10H16N2O. The monoisotopic (exact) mass is 180 g/mol. The molecule has 0 aliphatic rings. The summed E-state index contributed by atoms with van der Waals surface area (Å²) >= 11 is 0. The summed E-state index contributed by atoms with van der Waals surface area (Å²) in [7, 11) is 1.69. The van der Waals surface area contributed by atoms with Crippen molar-refractivity contribution in [1.82, 2.24) is 0 Å². The Kier molecular flexibility index (Phi) is 3.14. The molecule has 0 unspecified atom stereocenters. The summed E-state index contributed by atoms with van der Waals surface area (Å²) in [5, 5.41) is 3.06. The Balaban J connectivity index is 3.05. The number of benzene rings is 1. The Hall–Kier alpha value is -1.22. The van der Waals surface area contributed by atoms with Crippen molar-refractivity contribution < 1.29 is 4.74 Å². The second-order valence-electron chi connectivity index (χ2n) is 3.02. The lowest BCUT2D eigenvalue weighted by Crippen LogP contribution is -2.11. The lowest BCUT2D eigenvalue weighted by molar-refractivity contribution is 0.408. The highest BCUT2D eigenvalue weighted by molar-refractivity contribution is 5.54. The molecule has 3 heteroatoms. The molecule has 0 amide bonds. The average molecular weight is 180 g/mol. The van der Waals surface area contributed by atoms with Crippen LogP contribution in [0.15, 0.2) is 12.1 Å². The van der Waals surface area contributed by atoms with Crippen LogP contribution in [-0.2, 0) is 0 Å². The van der Waals surface area contributed by atoms with Gasteiger partial charge in [0.1, 0.15) is 5.75 Å². The fourth-order valence-corrected chi connectivity index (χ4v) is 1.49. The average Bonchev–Trinajstić information content (AvgIpc) is 2.04. The number of hydrogen-bond acceptors (Lipinski definition) is 3. The van der Waals surface area contributed by atoms with Gasteiger partial charge in [0.25, 0.3) is 0 Å². The quantitative estimate of drug-likeness (QED) is 0.695. The van der Waals surface area contributed by atoms with E-state index in [1.165, 1.54) is 0 Å². The zero-order valence-electron chi connectivity index (χ0n) is 8.35. The van der Waals surface area contributed by atoms with Crippen LogP contribution in [0, 0.1) is 13.8 Å². The molecule has 0 atom stereocenters. The molecule has 3 nitrogen and oxygen atoms in total. The molecule has 1 aromatic carbocycles. The summed E-state index contributed by atoms with van der Waals surface area (Å²) in [6.45, 7) is 4.49. The Morgan fingerprint density at radius 3 is 2.23 bits per heavy atom. The molecule has 0 saturated carbocycles. The van der Waals surface area contributed by atoms with E-state index in [1.807, 2.05) is 26.0 Å². The third kappa shape index (κ3) is 2.12. The van der Waals surface area contributed by atoms with Crippen LogP contribution in [0.25, 0.3) is 0 Å². The first-order valence-electron chi connectivity index (χ1n) is 4.28. The van der Waals surface area contributed by atoms with Gasteiger partial charge in [-0.05, 0) is 37.1 Å². The van der Waals surface area contributed by atoms with Crippen molar-refractivity contribution in [3.05, 3.63) is 23.3 Å². The largest absolute Gasteiger partial charge is 0.496 e. The molecule has 0 radical (unpaired) electrons. The molecule has 0 fully saturated rings. The van der Waals surface area contributed by atoms with Crippen LogP contribution < -0.4 is 15.8 Å². The van der Waals surface area contributed by atoms with Gasteiger partial charge in [-0.3, -0.25) is 0 Å². The van der Waals surface area contributed by atoms with Crippen molar-refractivity contribution >= 4 is 5.69 Å². The van der Waals surface area contributed by atoms with Gasteiger partial charge in [0, 0.05) is 5.69 Å². The van der Waals surface area contributed by atoms with Crippen LogP contribution >= 0.6 is 0 Å². The standard InChI is InChI=1S/C10H16N2O/c1-7-4-9(12-6-11)5-8(2)10(7)13-3/h4-5,12H,6,11H2,1-3H3. The minimum atomic E-state index is 0.450. The van der Waals surface area contributed by atoms with E-state index < -0.39 is 0 Å². The van der Waals surface area contributed by atoms with E-state index >= 15 is 0 Å². The molecule has 1 rings (SSSR count). The fourth-order valence-electron chi connectivity index (χ4n) is 1.49. The summed E-state index contributed by atoms with van der Waals surface area (Å²) in [5.74, 6) is 0.947. The van der Waals surface area contributed by atoms with E-state index in [1.54, 1.807) is 7.11 Å². The number of nitrogens with two attached hydrogens (primary N) is 1. The summed E-state index contributed by atoms with van der Waals surface area (Å²) < 4.78 is 5.25. The van der Waals surface area contributed by atoms with E-state index in [-0.39, 0.29) is 0 Å².